The molecule has 1 unspecified atom stereocenters. The maximum atomic E-state index is 6.15. The predicted molar refractivity (Wildman–Crippen MR) is 77.0 cm³/mol. The molecule has 1 nitrogen and oxygen atoms in total. The minimum absolute atomic E-state index is 0.533. The van der Waals surface area contributed by atoms with Crippen LogP contribution in [-0.4, -0.2) is 13.1 Å². The molecule has 0 aliphatic rings. The number of rotatable bonds is 6. The summed E-state index contributed by atoms with van der Waals surface area (Å²) in [5.41, 5.74) is 1.06. The Morgan fingerprint density at radius 1 is 1.06 bits per heavy atom. The average Bonchev–Trinajstić information content (AvgIpc) is 2.23. The molecule has 0 saturated heterocycles. The Bertz CT molecular complexity index is 330. The Morgan fingerprint density at radius 2 is 1.65 bits per heavy atom. The van der Waals surface area contributed by atoms with Crippen molar-refractivity contribution < 1.29 is 0 Å². The van der Waals surface area contributed by atoms with Crippen LogP contribution in [0.5, 0.6) is 0 Å². The van der Waals surface area contributed by atoms with Gasteiger partial charge in [0, 0.05) is 10.0 Å². The molecule has 3 heteroatoms. The lowest BCUT2D eigenvalue weighted by atomic mass is 10.0. The zero-order chi connectivity index (χ0) is 12.8. The predicted octanol–water partition coefficient (Wildman–Crippen LogP) is 4.42. The van der Waals surface area contributed by atoms with Crippen molar-refractivity contribution in [2.45, 2.75) is 27.2 Å². The van der Waals surface area contributed by atoms with Crippen LogP contribution in [0.25, 0.3) is 0 Å². The quantitative estimate of drug-likeness (QED) is 0.809. The normalized spacial score (nSPS) is 13.1. The van der Waals surface area contributed by atoms with E-state index in [0.717, 1.165) is 35.1 Å². The highest BCUT2D eigenvalue weighted by atomic mass is 35.5. The molecule has 17 heavy (non-hydrogen) atoms. The first kappa shape index (κ1) is 14.8. The fourth-order valence-corrected chi connectivity index (χ4v) is 2.32. The summed E-state index contributed by atoms with van der Waals surface area (Å²) in [5.74, 6) is 1.22. The fraction of sp³-hybridized carbons (Fsp3) is 0.571. The lowest BCUT2D eigenvalue weighted by molar-refractivity contribution is 0.473. The molecular weight excluding hydrogens is 253 g/mol. The van der Waals surface area contributed by atoms with E-state index in [1.54, 1.807) is 0 Å². The summed E-state index contributed by atoms with van der Waals surface area (Å²) in [6.45, 7) is 8.69. The van der Waals surface area contributed by atoms with Crippen molar-refractivity contribution in [2.24, 2.45) is 11.8 Å². The first-order chi connectivity index (χ1) is 8.00. The van der Waals surface area contributed by atoms with Gasteiger partial charge in [-0.15, -0.1) is 0 Å². The van der Waals surface area contributed by atoms with Gasteiger partial charge in [0.1, 0.15) is 0 Å². The maximum Gasteiger partial charge on any atom is 0.0452 e. The Balaban J connectivity index is 2.47. The lowest BCUT2D eigenvalue weighted by Gasteiger charge is -2.15. The van der Waals surface area contributed by atoms with E-state index in [0.29, 0.717) is 11.8 Å². The Hall–Kier alpha value is -0.240. The average molecular weight is 274 g/mol. The van der Waals surface area contributed by atoms with Crippen LogP contribution < -0.4 is 5.32 Å². The summed E-state index contributed by atoms with van der Waals surface area (Å²) in [6, 6.07) is 5.68. The van der Waals surface area contributed by atoms with Crippen molar-refractivity contribution >= 4 is 23.2 Å². The highest BCUT2D eigenvalue weighted by Gasteiger charge is 2.10. The van der Waals surface area contributed by atoms with E-state index < -0.39 is 0 Å². The van der Waals surface area contributed by atoms with E-state index in [-0.39, 0.29) is 0 Å². The van der Waals surface area contributed by atoms with Gasteiger partial charge >= 0.3 is 0 Å². The molecule has 1 aromatic carbocycles. The second kappa shape index (κ2) is 7.25. The topological polar surface area (TPSA) is 12.0 Å². The molecule has 0 aromatic heterocycles. The first-order valence-corrected chi connectivity index (χ1v) is 6.90. The van der Waals surface area contributed by atoms with Gasteiger partial charge in [-0.2, -0.15) is 0 Å². The van der Waals surface area contributed by atoms with E-state index in [1.807, 2.05) is 18.2 Å². The molecule has 0 spiro atoms. The molecule has 1 aromatic rings. The van der Waals surface area contributed by atoms with Gasteiger partial charge in [0.15, 0.2) is 0 Å². The minimum Gasteiger partial charge on any atom is -0.316 e. The van der Waals surface area contributed by atoms with E-state index in [9.17, 15) is 0 Å². The molecule has 0 bridgehead atoms. The van der Waals surface area contributed by atoms with E-state index in [1.165, 1.54) is 0 Å². The first-order valence-electron chi connectivity index (χ1n) is 6.14. The summed E-state index contributed by atoms with van der Waals surface area (Å²) in [6.07, 6.45) is 0.920. The van der Waals surface area contributed by atoms with E-state index in [4.69, 9.17) is 23.2 Å². The Labute approximate surface area is 115 Å². The van der Waals surface area contributed by atoms with Crippen LogP contribution in [0.2, 0.25) is 10.0 Å². The zero-order valence-corrected chi connectivity index (χ0v) is 12.3. The monoisotopic (exact) mass is 273 g/mol. The number of benzene rings is 1. The SMILES string of the molecule is CC(C)CNCC(C)Cc1c(Cl)cccc1Cl. The summed E-state index contributed by atoms with van der Waals surface area (Å²) in [7, 11) is 0. The summed E-state index contributed by atoms with van der Waals surface area (Å²) < 4.78 is 0. The summed E-state index contributed by atoms with van der Waals surface area (Å²) >= 11 is 12.3. The molecule has 1 atom stereocenters. The highest BCUT2D eigenvalue weighted by Crippen LogP contribution is 2.26. The third-order valence-electron chi connectivity index (χ3n) is 2.66. The number of hydrogen-bond donors (Lipinski definition) is 1. The zero-order valence-electron chi connectivity index (χ0n) is 10.8. The van der Waals surface area contributed by atoms with Gasteiger partial charge in [-0.05, 0) is 49.0 Å². The van der Waals surface area contributed by atoms with Gasteiger partial charge in [0.25, 0.3) is 0 Å². The molecule has 0 heterocycles. The van der Waals surface area contributed by atoms with Crippen molar-refractivity contribution in [1.29, 1.82) is 0 Å². The van der Waals surface area contributed by atoms with Crippen LogP contribution >= 0.6 is 23.2 Å². The molecule has 1 N–H and O–H groups in total. The molecule has 1 rings (SSSR count). The summed E-state index contributed by atoms with van der Waals surface area (Å²) in [5, 5.41) is 5.00. The molecule has 0 aliphatic heterocycles. The van der Waals surface area contributed by atoms with E-state index >= 15 is 0 Å². The third kappa shape index (κ3) is 5.29. The molecule has 96 valence electrons. The van der Waals surface area contributed by atoms with Crippen LogP contribution in [-0.2, 0) is 6.42 Å². The van der Waals surface area contributed by atoms with Gasteiger partial charge in [0.05, 0.1) is 0 Å². The molecule has 0 amide bonds. The number of halogens is 2. The maximum absolute atomic E-state index is 6.15. The largest absolute Gasteiger partial charge is 0.316 e. The van der Waals surface area contributed by atoms with Crippen molar-refractivity contribution in [3.8, 4) is 0 Å². The van der Waals surface area contributed by atoms with Gasteiger partial charge in [-0.1, -0.05) is 50.0 Å². The number of hydrogen-bond acceptors (Lipinski definition) is 1. The van der Waals surface area contributed by atoms with Gasteiger partial charge in [0.2, 0.25) is 0 Å². The fourth-order valence-electron chi connectivity index (χ4n) is 1.77. The Kier molecular flexibility index (Phi) is 6.32. The molecular formula is C14H21Cl2N. The smallest absolute Gasteiger partial charge is 0.0452 e. The Morgan fingerprint density at radius 3 is 2.18 bits per heavy atom. The van der Waals surface area contributed by atoms with Crippen molar-refractivity contribution in [2.75, 3.05) is 13.1 Å². The van der Waals surface area contributed by atoms with Gasteiger partial charge in [-0.3, -0.25) is 0 Å². The second-order valence-corrected chi connectivity index (χ2v) is 5.88. The van der Waals surface area contributed by atoms with Crippen LogP contribution in [0, 0.1) is 11.8 Å². The minimum atomic E-state index is 0.533. The lowest BCUT2D eigenvalue weighted by Crippen LogP contribution is -2.26. The molecule has 0 saturated carbocycles. The van der Waals surface area contributed by atoms with Crippen LogP contribution in [0.3, 0.4) is 0 Å². The molecule has 0 radical (unpaired) electrons. The molecule has 0 fully saturated rings. The third-order valence-corrected chi connectivity index (χ3v) is 3.37. The second-order valence-electron chi connectivity index (χ2n) is 5.06. The van der Waals surface area contributed by atoms with Crippen LogP contribution in [0.1, 0.15) is 26.3 Å². The van der Waals surface area contributed by atoms with Gasteiger partial charge < -0.3 is 5.32 Å². The molecule has 0 aliphatic carbocycles. The van der Waals surface area contributed by atoms with Crippen molar-refractivity contribution in [3.63, 3.8) is 0 Å². The summed E-state index contributed by atoms with van der Waals surface area (Å²) in [4.78, 5) is 0. The van der Waals surface area contributed by atoms with Crippen molar-refractivity contribution in [3.05, 3.63) is 33.8 Å². The number of nitrogens with one attached hydrogen (secondary N) is 1. The standard InChI is InChI=1S/C14H21Cl2N/c1-10(2)8-17-9-11(3)7-12-13(15)5-4-6-14(12)16/h4-6,10-11,17H,7-9H2,1-3H3. The van der Waals surface area contributed by atoms with Crippen LogP contribution in [0.4, 0.5) is 0 Å². The van der Waals surface area contributed by atoms with E-state index in [2.05, 4.69) is 26.1 Å². The van der Waals surface area contributed by atoms with Gasteiger partial charge in [-0.25, -0.2) is 0 Å². The highest BCUT2D eigenvalue weighted by molar-refractivity contribution is 6.35. The van der Waals surface area contributed by atoms with Crippen LogP contribution in [0.15, 0.2) is 18.2 Å². The van der Waals surface area contributed by atoms with Crippen molar-refractivity contribution in [1.82, 2.24) is 5.32 Å².